The molecular weight excluding hydrogens is 134 g/mol. The van der Waals surface area contributed by atoms with Gasteiger partial charge in [-0.3, -0.25) is 0 Å². The van der Waals surface area contributed by atoms with E-state index < -0.39 is 0 Å². The topological polar surface area (TPSA) is 26.0 Å². The summed E-state index contributed by atoms with van der Waals surface area (Å²) in [5.41, 5.74) is 7.09. The van der Waals surface area contributed by atoms with E-state index in [1.54, 1.807) is 5.57 Å². The summed E-state index contributed by atoms with van der Waals surface area (Å²) in [6.45, 7) is 5.44. The van der Waals surface area contributed by atoms with E-state index in [2.05, 4.69) is 19.9 Å². The largest absolute Gasteiger partial charge is 0.330 e. The third-order valence-electron chi connectivity index (χ3n) is 2.37. The van der Waals surface area contributed by atoms with Gasteiger partial charge in [-0.15, -0.1) is 0 Å². The number of nitrogens with two attached hydrogens (primary N) is 1. The molecule has 1 nitrogen and oxygen atoms in total. The number of allylic oxidation sites excluding steroid dienone is 1. The van der Waals surface area contributed by atoms with Gasteiger partial charge >= 0.3 is 0 Å². The zero-order valence-electron chi connectivity index (χ0n) is 7.64. The Balaban J connectivity index is 2.49. The third kappa shape index (κ3) is 2.66. The van der Waals surface area contributed by atoms with Crippen LogP contribution in [0.5, 0.6) is 0 Å². The fourth-order valence-electron chi connectivity index (χ4n) is 2.07. The molecule has 1 aliphatic carbocycles. The SMILES string of the molecule is CC1C=C(CCN)CC(C)C1. The average molecular weight is 153 g/mol. The summed E-state index contributed by atoms with van der Waals surface area (Å²) >= 11 is 0. The first-order valence-corrected chi connectivity index (χ1v) is 4.62. The van der Waals surface area contributed by atoms with Gasteiger partial charge in [-0.25, -0.2) is 0 Å². The molecule has 0 aromatic heterocycles. The molecule has 0 saturated heterocycles. The minimum Gasteiger partial charge on any atom is -0.330 e. The number of hydrogen-bond acceptors (Lipinski definition) is 1. The minimum absolute atomic E-state index is 0.778. The minimum atomic E-state index is 0.778. The maximum Gasteiger partial charge on any atom is -0.00399 e. The fraction of sp³-hybridized carbons (Fsp3) is 0.800. The molecule has 11 heavy (non-hydrogen) atoms. The van der Waals surface area contributed by atoms with Crippen LogP contribution in [0.2, 0.25) is 0 Å². The van der Waals surface area contributed by atoms with Gasteiger partial charge in [-0.2, -0.15) is 0 Å². The molecule has 0 bridgehead atoms. The molecule has 0 aromatic carbocycles. The Morgan fingerprint density at radius 3 is 2.82 bits per heavy atom. The van der Waals surface area contributed by atoms with E-state index in [-0.39, 0.29) is 0 Å². The lowest BCUT2D eigenvalue weighted by atomic mass is 9.83. The lowest BCUT2D eigenvalue weighted by molar-refractivity contribution is 0.429. The highest BCUT2D eigenvalue weighted by molar-refractivity contribution is 5.08. The summed E-state index contributed by atoms with van der Waals surface area (Å²) in [5.74, 6) is 1.65. The number of hydrogen-bond donors (Lipinski definition) is 1. The van der Waals surface area contributed by atoms with Crippen LogP contribution in [-0.4, -0.2) is 6.54 Å². The molecule has 0 radical (unpaired) electrons. The van der Waals surface area contributed by atoms with Gasteiger partial charge in [0.1, 0.15) is 0 Å². The van der Waals surface area contributed by atoms with Crippen molar-refractivity contribution in [3.05, 3.63) is 11.6 Å². The van der Waals surface area contributed by atoms with Crippen molar-refractivity contribution in [2.75, 3.05) is 6.54 Å². The Morgan fingerprint density at radius 1 is 1.55 bits per heavy atom. The van der Waals surface area contributed by atoms with Gasteiger partial charge < -0.3 is 5.73 Å². The van der Waals surface area contributed by atoms with Crippen LogP contribution in [0.25, 0.3) is 0 Å². The molecule has 0 spiro atoms. The standard InChI is InChI=1S/C10H19N/c1-8-5-9(2)7-10(6-8)3-4-11/h6,8-9H,3-5,7,11H2,1-2H3. The van der Waals surface area contributed by atoms with Crippen LogP contribution in [0.15, 0.2) is 11.6 Å². The van der Waals surface area contributed by atoms with E-state index in [4.69, 9.17) is 5.73 Å². The van der Waals surface area contributed by atoms with Gasteiger partial charge in [0, 0.05) is 0 Å². The monoisotopic (exact) mass is 153 g/mol. The zero-order chi connectivity index (χ0) is 8.27. The Labute approximate surface area is 69.7 Å². The van der Waals surface area contributed by atoms with E-state index >= 15 is 0 Å². The summed E-state index contributed by atoms with van der Waals surface area (Å²) < 4.78 is 0. The van der Waals surface area contributed by atoms with E-state index in [1.165, 1.54) is 12.8 Å². The third-order valence-corrected chi connectivity index (χ3v) is 2.37. The van der Waals surface area contributed by atoms with Crippen molar-refractivity contribution >= 4 is 0 Å². The van der Waals surface area contributed by atoms with Gasteiger partial charge in [-0.05, 0) is 37.6 Å². The van der Waals surface area contributed by atoms with Crippen molar-refractivity contribution in [3.63, 3.8) is 0 Å². The highest BCUT2D eigenvalue weighted by Gasteiger charge is 2.14. The second-order valence-corrected chi connectivity index (χ2v) is 3.89. The molecule has 1 heteroatoms. The Kier molecular flexibility index (Phi) is 3.13. The molecule has 1 aliphatic rings. The molecule has 2 N–H and O–H groups in total. The molecule has 0 aromatic rings. The Hall–Kier alpha value is -0.300. The predicted octanol–water partition coefficient (Wildman–Crippen LogP) is 2.33. The second-order valence-electron chi connectivity index (χ2n) is 3.89. The Morgan fingerprint density at radius 2 is 2.27 bits per heavy atom. The van der Waals surface area contributed by atoms with Crippen LogP contribution >= 0.6 is 0 Å². The van der Waals surface area contributed by atoms with Gasteiger partial charge in [0.15, 0.2) is 0 Å². The van der Waals surface area contributed by atoms with Crippen molar-refractivity contribution in [1.29, 1.82) is 0 Å². The molecular formula is C10H19N. The summed E-state index contributed by atoms with van der Waals surface area (Å²) in [5, 5.41) is 0. The average Bonchev–Trinajstić information content (AvgIpc) is 1.85. The smallest absolute Gasteiger partial charge is 0.00399 e. The van der Waals surface area contributed by atoms with Crippen LogP contribution in [0, 0.1) is 11.8 Å². The molecule has 0 aliphatic heterocycles. The first kappa shape index (κ1) is 8.79. The van der Waals surface area contributed by atoms with E-state index in [0.717, 1.165) is 24.8 Å². The van der Waals surface area contributed by atoms with E-state index in [9.17, 15) is 0 Å². The molecule has 2 unspecified atom stereocenters. The van der Waals surface area contributed by atoms with E-state index in [1.807, 2.05) is 0 Å². The van der Waals surface area contributed by atoms with Crippen molar-refractivity contribution in [2.24, 2.45) is 17.6 Å². The quantitative estimate of drug-likeness (QED) is 0.605. The molecule has 64 valence electrons. The maximum absolute atomic E-state index is 5.51. The molecule has 0 saturated carbocycles. The van der Waals surface area contributed by atoms with Gasteiger partial charge in [0.25, 0.3) is 0 Å². The zero-order valence-corrected chi connectivity index (χ0v) is 7.64. The van der Waals surface area contributed by atoms with Crippen LogP contribution in [-0.2, 0) is 0 Å². The van der Waals surface area contributed by atoms with Crippen molar-refractivity contribution in [3.8, 4) is 0 Å². The first-order chi connectivity index (χ1) is 5.22. The van der Waals surface area contributed by atoms with Crippen molar-refractivity contribution in [2.45, 2.75) is 33.1 Å². The normalized spacial score (nSPS) is 31.7. The lowest BCUT2D eigenvalue weighted by Crippen LogP contribution is -2.12. The highest BCUT2D eigenvalue weighted by Crippen LogP contribution is 2.28. The summed E-state index contributed by atoms with van der Waals surface area (Å²) in [4.78, 5) is 0. The number of rotatable bonds is 2. The van der Waals surface area contributed by atoms with Gasteiger partial charge in [0.2, 0.25) is 0 Å². The molecule has 0 fully saturated rings. The van der Waals surface area contributed by atoms with Crippen LogP contribution < -0.4 is 5.73 Å². The molecule has 2 atom stereocenters. The predicted molar refractivity (Wildman–Crippen MR) is 49.3 cm³/mol. The van der Waals surface area contributed by atoms with Crippen molar-refractivity contribution < 1.29 is 0 Å². The summed E-state index contributed by atoms with van der Waals surface area (Å²) in [6.07, 6.45) is 6.15. The van der Waals surface area contributed by atoms with Gasteiger partial charge in [-0.1, -0.05) is 25.5 Å². The van der Waals surface area contributed by atoms with Crippen molar-refractivity contribution in [1.82, 2.24) is 0 Å². The molecule has 0 heterocycles. The lowest BCUT2D eigenvalue weighted by Gasteiger charge is -2.23. The fourth-order valence-corrected chi connectivity index (χ4v) is 2.07. The van der Waals surface area contributed by atoms with E-state index in [0.29, 0.717) is 0 Å². The highest BCUT2D eigenvalue weighted by atomic mass is 14.5. The summed E-state index contributed by atoms with van der Waals surface area (Å²) in [7, 11) is 0. The van der Waals surface area contributed by atoms with Crippen LogP contribution in [0.4, 0.5) is 0 Å². The summed E-state index contributed by atoms with van der Waals surface area (Å²) in [6, 6.07) is 0. The second kappa shape index (κ2) is 3.91. The van der Waals surface area contributed by atoms with Crippen LogP contribution in [0.1, 0.15) is 33.1 Å². The Bertz CT molecular complexity index is 149. The first-order valence-electron chi connectivity index (χ1n) is 4.62. The molecule has 0 amide bonds. The molecule has 1 rings (SSSR count). The van der Waals surface area contributed by atoms with Crippen LogP contribution in [0.3, 0.4) is 0 Å². The van der Waals surface area contributed by atoms with Gasteiger partial charge in [0.05, 0.1) is 0 Å². The maximum atomic E-state index is 5.51.